The normalized spacial score (nSPS) is 22.6. The molecule has 5 aliphatic carbocycles. The van der Waals surface area contributed by atoms with Gasteiger partial charge in [0.2, 0.25) is 0 Å². The fourth-order valence-corrected chi connectivity index (χ4v) is 25.5. The van der Waals surface area contributed by atoms with Crippen LogP contribution >= 0.6 is 11.3 Å². The maximum absolute atomic E-state index is 13.6. The van der Waals surface area contributed by atoms with Crippen LogP contribution in [0, 0.1) is 104 Å². The Morgan fingerprint density at radius 1 is 0.342 bits per heavy atom. The Kier molecular flexibility index (Phi) is 25.5. The lowest BCUT2D eigenvalue weighted by molar-refractivity contribution is -0.116. The smallest absolute Gasteiger partial charge is 0.159 e. The Morgan fingerprint density at radius 3 is 1.08 bits per heavy atom. The highest BCUT2D eigenvalue weighted by Crippen LogP contribution is 2.69. The zero-order valence-electron chi connectivity index (χ0n) is 76.7. The SMILES string of the molecule is CC(C)(C)C1(C(C)(C)C)Cc2cc(F)c(F)cc2[C@H]1N.CC(C)(C)C1(C(C)(C)C)Cc2ccccc2[C@H]1N.CC(C)(C)C1(C(C)(C)C)Cc2ncccc2[C@H]1N.CC(C)(C)C1(C(C)(C)C)Cc2ncsc2[C@H]1N.CC(C)(C)C1(C(C)(C)C)Oc2ccccc2[C@H]1N.COc1ccc2c(c1)[C@@H](N)C(C(C)(C)C)(C(C)(C)C)C2. The molecule has 0 fully saturated rings. The zero-order chi connectivity index (χ0) is 85.2. The fourth-order valence-electron chi connectivity index (χ4n) is 24.6. The van der Waals surface area contributed by atoms with Crippen LogP contribution in [0.15, 0.2) is 103 Å². The van der Waals surface area contributed by atoms with Crippen molar-refractivity contribution in [3.63, 3.8) is 0 Å². The molecule has 0 saturated carbocycles. The van der Waals surface area contributed by atoms with Crippen molar-refractivity contribution in [1.29, 1.82) is 0 Å². The molecule has 10 nitrogen and oxygen atoms in total. The molecule has 4 aromatic carbocycles. The molecule has 12 rings (SSSR count). The molecule has 13 heteroatoms. The summed E-state index contributed by atoms with van der Waals surface area (Å²) in [7, 11) is 1.71. The van der Waals surface area contributed by atoms with E-state index >= 15 is 0 Å². The number of aromatic nitrogens is 2. The first-order chi connectivity index (χ1) is 49.9. The Morgan fingerprint density at radius 2 is 0.685 bits per heavy atom. The van der Waals surface area contributed by atoms with E-state index in [1.54, 1.807) is 18.4 Å². The molecule has 0 bridgehead atoms. The Bertz CT molecular complexity index is 3920. The van der Waals surface area contributed by atoms with Gasteiger partial charge >= 0.3 is 0 Å². The number of thiazole rings is 1. The monoisotopic (exact) mass is 1550 g/mol. The quantitative estimate of drug-likeness (QED) is 0.0920. The van der Waals surface area contributed by atoms with Gasteiger partial charge in [-0.3, -0.25) is 4.98 Å². The van der Waals surface area contributed by atoms with Crippen LogP contribution in [0.4, 0.5) is 8.78 Å². The van der Waals surface area contributed by atoms with Gasteiger partial charge < -0.3 is 43.9 Å². The lowest BCUT2D eigenvalue weighted by Gasteiger charge is -2.54. The van der Waals surface area contributed by atoms with Gasteiger partial charge in [0, 0.05) is 90.4 Å². The molecule has 0 saturated heterocycles. The van der Waals surface area contributed by atoms with Crippen molar-refractivity contribution < 1.29 is 18.3 Å². The number of hydrogen-bond acceptors (Lipinski definition) is 11. The van der Waals surface area contributed by atoms with Gasteiger partial charge in [0.15, 0.2) is 11.6 Å². The number of methoxy groups -OCH3 is 1. The summed E-state index contributed by atoms with van der Waals surface area (Å²) < 4.78 is 38.9. The van der Waals surface area contributed by atoms with Gasteiger partial charge in [0.05, 0.1) is 24.4 Å². The van der Waals surface area contributed by atoms with Crippen LogP contribution in [0.1, 0.15) is 346 Å². The molecule has 2 aromatic heterocycles. The summed E-state index contributed by atoms with van der Waals surface area (Å²) in [5.74, 6) is 0.250. The highest BCUT2D eigenvalue weighted by molar-refractivity contribution is 7.09. The third-order valence-electron chi connectivity index (χ3n) is 29.3. The molecule has 6 atom stereocenters. The summed E-state index contributed by atoms with van der Waals surface area (Å²) >= 11 is 1.72. The van der Waals surface area contributed by atoms with E-state index in [4.69, 9.17) is 43.9 Å². The van der Waals surface area contributed by atoms with Gasteiger partial charge in [0.1, 0.15) is 17.1 Å². The van der Waals surface area contributed by atoms with Gasteiger partial charge in [0.25, 0.3) is 0 Å². The molecule has 0 amide bonds. The zero-order valence-corrected chi connectivity index (χ0v) is 77.5. The van der Waals surface area contributed by atoms with Crippen LogP contribution in [-0.2, 0) is 32.1 Å². The predicted octanol–water partition coefficient (Wildman–Crippen LogP) is 24.7. The van der Waals surface area contributed by atoms with Gasteiger partial charge in [-0.1, -0.05) is 304 Å². The first-order valence-electron chi connectivity index (χ1n) is 41.3. The van der Waals surface area contributed by atoms with E-state index in [0.717, 1.165) is 53.9 Å². The number of ether oxygens (including phenoxy) is 2. The number of nitrogens with two attached hydrogens (primary N) is 6. The number of benzene rings is 4. The van der Waals surface area contributed by atoms with Crippen molar-refractivity contribution in [2.45, 2.75) is 323 Å². The molecule has 620 valence electrons. The van der Waals surface area contributed by atoms with Crippen molar-refractivity contribution in [2.75, 3.05) is 7.11 Å². The molecule has 6 aromatic rings. The second kappa shape index (κ2) is 30.4. The van der Waals surface area contributed by atoms with Crippen LogP contribution in [0.5, 0.6) is 11.5 Å². The molecule has 6 aliphatic rings. The van der Waals surface area contributed by atoms with Gasteiger partial charge in [-0.2, -0.15) is 0 Å². The molecule has 3 heterocycles. The minimum Gasteiger partial charge on any atom is -0.497 e. The lowest BCUT2D eigenvalue weighted by atomic mass is 9.51. The minimum absolute atomic E-state index is 0.0380. The first-order valence-corrected chi connectivity index (χ1v) is 42.2. The number of pyridine rings is 1. The van der Waals surface area contributed by atoms with Gasteiger partial charge in [-0.05, 0) is 162 Å². The maximum atomic E-state index is 13.6. The summed E-state index contributed by atoms with van der Waals surface area (Å²) in [5, 5.41) is 0. The third kappa shape index (κ3) is 15.6. The van der Waals surface area contributed by atoms with Crippen LogP contribution in [0.25, 0.3) is 0 Å². The average molecular weight is 1550 g/mol. The maximum Gasteiger partial charge on any atom is 0.159 e. The topological polar surface area (TPSA) is 200 Å². The molecule has 0 radical (unpaired) electrons. The van der Waals surface area contributed by atoms with Gasteiger partial charge in [-0.25, -0.2) is 13.8 Å². The molecule has 0 unspecified atom stereocenters. The number of para-hydroxylation sites is 1. The second-order valence-corrected chi connectivity index (χ2v) is 47.3. The number of nitrogens with zero attached hydrogens (tertiary/aromatic N) is 2. The van der Waals surface area contributed by atoms with Crippen molar-refractivity contribution >= 4 is 11.3 Å². The summed E-state index contributed by atoms with van der Waals surface area (Å²) in [4.78, 5) is 10.4. The van der Waals surface area contributed by atoms with Crippen molar-refractivity contribution in [3.8, 4) is 11.5 Å². The van der Waals surface area contributed by atoms with E-state index in [1.165, 1.54) is 56.2 Å². The van der Waals surface area contributed by atoms with Crippen molar-refractivity contribution in [3.05, 3.63) is 175 Å². The van der Waals surface area contributed by atoms with Crippen LogP contribution in [-0.4, -0.2) is 22.7 Å². The number of hydrogen-bond donors (Lipinski definition) is 6. The van der Waals surface area contributed by atoms with E-state index in [9.17, 15) is 8.78 Å². The van der Waals surface area contributed by atoms with E-state index in [2.05, 4.69) is 308 Å². The standard InChI is InChI=1S/C18H29NO.C17H25F2N.C17H27N.C16H26N2.C16H25NO.C14H24N2S/c1-16(2,3)18(17(4,5)6)11-12-8-9-13(20-7)10-14(12)15(18)19;1-15(2,3)17(16(4,5)6)9-10-7-12(18)13(19)8-11(10)14(17)20;1-15(2,3)17(16(4,5)6)11-12-9-7-8-10-13(12)14(17)18;1-14(2,3)16(15(4,5)6)10-12-11(13(16)17)8-7-9-18-12;1-14(2,3)16(15(4,5)6)13(17)11-9-7-8-10-12(11)18-16;1-12(2,3)14(13(4,5)6)7-9-10(11(14)15)17-8-16-9/h8-10,15H,11,19H2,1-7H3;7-8,14H,9,20H2,1-6H3;7-10,14H,11,18H2,1-6H3;7-9,13H,10,17H2,1-6H3;7-10,13H,17H2,1-6H3;8,11H,7,15H2,1-6H3/t15-;2*14-;2*13-;11-/m111111/s1. The highest BCUT2D eigenvalue weighted by Gasteiger charge is 2.65. The fraction of sp³-hybridized carbons (Fsp3) is 0.673. The highest BCUT2D eigenvalue weighted by atomic mass is 32.1. The summed E-state index contributed by atoms with van der Waals surface area (Å²) in [6.07, 6.45) is 6.70. The second-order valence-electron chi connectivity index (χ2n) is 46.4. The van der Waals surface area contributed by atoms with Crippen LogP contribution in [0.3, 0.4) is 0 Å². The summed E-state index contributed by atoms with van der Waals surface area (Å²) in [6.45, 7) is 81.9. The third-order valence-corrected chi connectivity index (χ3v) is 30.3. The first kappa shape index (κ1) is 93.0. The molecular formula is C98H156F2N8O2S. The van der Waals surface area contributed by atoms with E-state index in [1.807, 2.05) is 42.0 Å². The number of rotatable bonds is 1. The number of fused-ring (bicyclic) bond motifs is 6. The van der Waals surface area contributed by atoms with Crippen molar-refractivity contribution in [2.24, 2.45) is 126 Å². The lowest BCUT2D eigenvalue weighted by Crippen LogP contribution is -2.60. The summed E-state index contributed by atoms with van der Waals surface area (Å²) in [6, 6.07) is 29.9. The summed E-state index contributed by atoms with van der Waals surface area (Å²) in [5.41, 5.74) is 54.3. The minimum atomic E-state index is -0.808. The largest absolute Gasteiger partial charge is 0.497 e. The van der Waals surface area contributed by atoms with Gasteiger partial charge in [-0.15, -0.1) is 11.3 Å². The number of halogens is 2. The van der Waals surface area contributed by atoms with Crippen LogP contribution < -0.4 is 43.9 Å². The Balaban J connectivity index is 0.000000185. The van der Waals surface area contributed by atoms with E-state index in [0.29, 0.717) is 6.42 Å². The molecular weight excluding hydrogens is 1390 g/mol. The molecule has 111 heavy (non-hydrogen) atoms. The molecule has 0 spiro atoms. The molecule has 1 aliphatic heterocycles. The molecule has 12 N–H and O–H groups in total. The van der Waals surface area contributed by atoms with E-state index in [-0.39, 0.29) is 134 Å². The van der Waals surface area contributed by atoms with E-state index < -0.39 is 11.6 Å². The average Bonchev–Trinajstić information content (AvgIpc) is 1.60. The Hall–Kier alpha value is -5.12. The van der Waals surface area contributed by atoms with Crippen LogP contribution in [0.2, 0.25) is 0 Å². The van der Waals surface area contributed by atoms with Crippen molar-refractivity contribution in [1.82, 2.24) is 9.97 Å². The Labute approximate surface area is 678 Å². The predicted molar refractivity (Wildman–Crippen MR) is 468 cm³/mol.